The second-order valence-corrected chi connectivity index (χ2v) is 2.73. The van der Waals surface area contributed by atoms with Gasteiger partial charge in [0.05, 0.1) is 0 Å². The number of nitrogens with one attached hydrogen (secondary N) is 1. The highest BCUT2D eigenvalue weighted by Crippen LogP contribution is 2.14. The van der Waals surface area contributed by atoms with Gasteiger partial charge in [0.1, 0.15) is 5.70 Å². The Morgan fingerprint density at radius 1 is 1.58 bits per heavy atom. The Morgan fingerprint density at radius 2 is 2.50 bits per heavy atom. The van der Waals surface area contributed by atoms with Crippen LogP contribution < -0.4 is 5.32 Å². The maximum absolute atomic E-state index is 5.19. The number of dihydropyridines is 1. The van der Waals surface area contributed by atoms with Crippen molar-refractivity contribution < 1.29 is 8.84 Å². The number of hydrogen-bond acceptors (Lipinski definition) is 4. The molecule has 2 heterocycles. The van der Waals surface area contributed by atoms with Crippen LogP contribution in [0.5, 0.6) is 0 Å². The summed E-state index contributed by atoms with van der Waals surface area (Å²) in [5.41, 5.74) is 0.838. The Bertz CT molecular complexity index is 317. The predicted octanol–water partition coefficient (Wildman–Crippen LogP) is 0.743. The third-order valence-corrected chi connectivity index (χ3v) is 1.64. The molecule has 0 saturated carbocycles. The summed E-state index contributed by atoms with van der Waals surface area (Å²) >= 11 is 4.79. The van der Waals surface area contributed by atoms with Gasteiger partial charge in [-0.2, -0.15) is 4.10 Å². The van der Waals surface area contributed by atoms with Gasteiger partial charge in [-0.1, -0.05) is 6.08 Å². The SMILES string of the molecule is [S-][N+]1=NC(=C2C=CC=CN2)OC1. The molecule has 12 heavy (non-hydrogen) atoms. The summed E-state index contributed by atoms with van der Waals surface area (Å²) in [6.07, 6.45) is 7.49. The molecule has 0 atom stereocenters. The van der Waals surface area contributed by atoms with Crippen LogP contribution in [0.4, 0.5) is 0 Å². The number of allylic oxidation sites excluding steroid dienone is 3. The van der Waals surface area contributed by atoms with Crippen molar-refractivity contribution in [3.05, 3.63) is 36.0 Å². The van der Waals surface area contributed by atoms with Gasteiger partial charge in [-0.25, -0.2) is 0 Å². The Labute approximate surface area is 75.5 Å². The van der Waals surface area contributed by atoms with Gasteiger partial charge in [0.25, 0.3) is 6.73 Å². The van der Waals surface area contributed by atoms with E-state index in [0.29, 0.717) is 12.6 Å². The van der Waals surface area contributed by atoms with Crippen molar-refractivity contribution in [2.24, 2.45) is 5.11 Å². The van der Waals surface area contributed by atoms with Crippen LogP contribution in [-0.2, 0) is 17.6 Å². The van der Waals surface area contributed by atoms with Crippen molar-refractivity contribution >= 4 is 12.8 Å². The zero-order valence-electron chi connectivity index (χ0n) is 6.23. The van der Waals surface area contributed by atoms with E-state index in [0.717, 1.165) is 5.70 Å². The van der Waals surface area contributed by atoms with Crippen LogP contribution in [0.2, 0.25) is 0 Å². The van der Waals surface area contributed by atoms with Gasteiger partial charge in [-0.3, -0.25) is 0 Å². The molecule has 0 spiro atoms. The van der Waals surface area contributed by atoms with Gasteiger partial charge >= 0.3 is 5.88 Å². The Kier molecular flexibility index (Phi) is 1.79. The van der Waals surface area contributed by atoms with E-state index in [1.54, 1.807) is 0 Å². The van der Waals surface area contributed by atoms with E-state index >= 15 is 0 Å². The lowest BCUT2D eigenvalue weighted by Crippen LogP contribution is -2.07. The lowest BCUT2D eigenvalue weighted by atomic mass is 10.3. The Morgan fingerprint density at radius 3 is 3.08 bits per heavy atom. The van der Waals surface area contributed by atoms with E-state index in [2.05, 4.69) is 10.4 Å². The molecule has 0 aromatic carbocycles. The number of hydrogen-bond donors (Lipinski definition) is 1. The minimum absolute atomic E-state index is 0.341. The number of nitrogens with zero attached hydrogens (tertiary/aromatic N) is 2. The van der Waals surface area contributed by atoms with Crippen LogP contribution >= 0.6 is 0 Å². The molecule has 2 rings (SSSR count). The molecular formula is C7H7N3OS. The molecule has 0 aromatic heterocycles. The topological polar surface area (TPSA) is 36.6 Å². The van der Waals surface area contributed by atoms with Crippen LogP contribution in [0.1, 0.15) is 0 Å². The lowest BCUT2D eigenvalue weighted by Gasteiger charge is -2.03. The summed E-state index contributed by atoms with van der Waals surface area (Å²) in [6.45, 7) is 0.341. The van der Waals surface area contributed by atoms with Crippen LogP contribution in [-0.4, -0.2) is 10.8 Å². The number of ether oxygens (including phenoxy) is 1. The zero-order valence-corrected chi connectivity index (χ0v) is 7.04. The monoisotopic (exact) mass is 181 g/mol. The van der Waals surface area contributed by atoms with Gasteiger partial charge < -0.3 is 22.9 Å². The predicted molar refractivity (Wildman–Crippen MR) is 44.4 cm³/mol. The van der Waals surface area contributed by atoms with Gasteiger partial charge in [0, 0.05) is 11.3 Å². The smallest absolute Gasteiger partial charge is 0.305 e. The summed E-state index contributed by atoms with van der Waals surface area (Å²) in [5, 5.41) is 6.97. The average molecular weight is 181 g/mol. The zero-order chi connectivity index (χ0) is 8.39. The molecule has 0 unspecified atom stereocenters. The first-order chi connectivity index (χ1) is 5.86. The first-order valence-electron chi connectivity index (χ1n) is 3.49. The Balaban J connectivity index is 2.27. The Hall–Kier alpha value is -1.36. The third-order valence-electron chi connectivity index (χ3n) is 1.45. The number of azo groups is 1. The summed E-state index contributed by atoms with van der Waals surface area (Å²) in [5.74, 6) is 0.547. The standard InChI is InChI=1S/C7H7N3OS/c12-10-5-11-7(9-10)6-3-1-2-4-8-6/h1-4,8H,5H2. The fourth-order valence-corrected chi connectivity index (χ4v) is 1.06. The molecule has 0 bridgehead atoms. The largest absolute Gasteiger partial charge is 0.411 e. The lowest BCUT2D eigenvalue weighted by molar-refractivity contribution is -0.437. The fraction of sp³-hybridized carbons (Fsp3) is 0.143. The van der Waals surface area contributed by atoms with Crippen molar-refractivity contribution in [1.29, 1.82) is 0 Å². The van der Waals surface area contributed by atoms with Crippen molar-refractivity contribution in [3.63, 3.8) is 0 Å². The summed E-state index contributed by atoms with van der Waals surface area (Å²) < 4.78 is 6.52. The van der Waals surface area contributed by atoms with Crippen LogP contribution in [0, 0.1) is 0 Å². The molecule has 0 aliphatic carbocycles. The van der Waals surface area contributed by atoms with E-state index < -0.39 is 0 Å². The molecule has 0 radical (unpaired) electrons. The molecule has 0 saturated heterocycles. The van der Waals surface area contributed by atoms with Gasteiger partial charge in [0.15, 0.2) is 0 Å². The van der Waals surface area contributed by atoms with Gasteiger partial charge in [0.2, 0.25) is 0 Å². The highest BCUT2D eigenvalue weighted by molar-refractivity contribution is 7.51. The van der Waals surface area contributed by atoms with E-state index in [1.165, 1.54) is 4.10 Å². The highest BCUT2D eigenvalue weighted by atomic mass is 32.1. The van der Waals surface area contributed by atoms with Gasteiger partial charge in [-0.05, 0) is 12.2 Å². The molecule has 0 fully saturated rings. The molecule has 2 aliphatic rings. The maximum Gasteiger partial charge on any atom is 0.305 e. The summed E-state index contributed by atoms with van der Waals surface area (Å²) in [7, 11) is 0. The quantitative estimate of drug-likeness (QED) is 0.442. The van der Waals surface area contributed by atoms with Crippen LogP contribution in [0.25, 0.3) is 0 Å². The number of rotatable bonds is 0. The maximum atomic E-state index is 5.19. The minimum Gasteiger partial charge on any atom is -0.411 e. The van der Waals surface area contributed by atoms with Crippen molar-refractivity contribution in [3.8, 4) is 0 Å². The van der Waals surface area contributed by atoms with E-state index in [-0.39, 0.29) is 0 Å². The molecule has 1 N–H and O–H groups in total. The molecule has 4 nitrogen and oxygen atoms in total. The summed E-state index contributed by atoms with van der Waals surface area (Å²) in [6, 6.07) is 0. The molecule has 2 aliphatic heterocycles. The second-order valence-electron chi connectivity index (χ2n) is 2.31. The van der Waals surface area contributed by atoms with Crippen molar-refractivity contribution in [1.82, 2.24) is 5.32 Å². The van der Waals surface area contributed by atoms with E-state index in [1.807, 2.05) is 24.4 Å². The van der Waals surface area contributed by atoms with Crippen molar-refractivity contribution in [2.75, 3.05) is 6.73 Å². The fourth-order valence-electron chi connectivity index (χ4n) is 0.933. The first-order valence-corrected chi connectivity index (χ1v) is 3.86. The van der Waals surface area contributed by atoms with Crippen LogP contribution in [0.15, 0.2) is 41.1 Å². The molecular weight excluding hydrogens is 174 g/mol. The molecule has 5 heteroatoms. The highest BCUT2D eigenvalue weighted by Gasteiger charge is 2.15. The minimum atomic E-state index is 0.341. The normalized spacial score (nSPS) is 26.5. The molecule has 62 valence electrons. The van der Waals surface area contributed by atoms with Crippen molar-refractivity contribution in [2.45, 2.75) is 0 Å². The van der Waals surface area contributed by atoms with E-state index in [9.17, 15) is 0 Å². The van der Waals surface area contributed by atoms with Gasteiger partial charge in [-0.15, -0.1) is 0 Å². The first kappa shape index (κ1) is 7.30. The summed E-state index contributed by atoms with van der Waals surface area (Å²) in [4.78, 5) is 0. The van der Waals surface area contributed by atoms with Crippen LogP contribution in [0.3, 0.4) is 0 Å². The average Bonchev–Trinajstić information content (AvgIpc) is 2.54. The molecule has 0 amide bonds. The third kappa shape index (κ3) is 1.31. The second kappa shape index (κ2) is 2.94. The van der Waals surface area contributed by atoms with E-state index in [4.69, 9.17) is 17.6 Å². The molecule has 0 aromatic rings.